The summed E-state index contributed by atoms with van der Waals surface area (Å²) in [6.07, 6.45) is -8.88. The minimum Gasteiger partial charge on any atom is -0.478 e. The third-order valence-corrected chi connectivity index (χ3v) is 6.38. The minimum atomic E-state index is -5.05. The van der Waals surface area contributed by atoms with Crippen LogP contribution < -0.4 is 10.1 Å². The van der Waals surface area contributed by atoms with E-state index in [2.05, 4.69) is 15.2 Å². The third-order valence-electron chi connectivity index (χ3n) is 4.60. The Hall–Kier alpha value is -3.49. The number of hydrogen-bond acceptors (Lipinski definition) is 6. The van der Waals surface area contributed by atoms with E-state index in [0.29, 0.717) is 18.2 Å². The average molecular weight is 511 g/mol. The lowest BCUT2D eigenvalue weighted by Gasteiger charge is -2.13. The molecule has 0 unspecified atom stereocenters. The van der Waals surface area contributed by atoms with Crippen LogP contribution in [0.4, 0.5) is 32.2 Å². The number of carboxylic acids is 1. The number of carboxylic acid groups (broad SMARTS) is 1. The van der Waals surface area contributed by atoms with Crippen molar-refractivity contribution in [1.29, 1.82) is 0 Å². The Morgan fingerprint density at radius 2 is 1.82 bits per heavy atom. The zero-order valence-electron chi connectivity index (χ0n) is 17.0. The molecule has 3 aromatic rings. The van der Waals surface area contributed by atoms with Gasteiger partial charge in [0.05, 0.1) is 22.4 Å². The van der Waals surface area contributed by atoms with E-state index in [1.54, 1.807) is 0 Å². The van der Waals surface area contributed by atoms with Gasteiger partial charge in [0, 0.05) is 12.7 Å². The second kappa shape index (κ2) is 8.70. The Balaban J connectivity index is 2.04. The van der Waals surface area contributed by atoms with Crippen LogP contribution in [0.15, 0.2) is 41.4 Å². The standard InChI is InChI=1S/C19H15F6N3O5S/c1-2-34(31,32)15-14-7-11(18(20,21)22)5-6-28(14)27-16(15)26-9-10-3-4-12(33-19(23,24)25)8-13(10)17(29)30/h3-8H,2,9H2,1H3,(H,26,27)(H,29,30). The summed E-state index contributed by atoms with van der Waals surface area (Å²) >= 11 is 0. The molecule has 0 saturated heterocycles. The minimum absolute atomic E-state index is 0.0603. The molecule has 0 aliphatic heterocycles. The number of pyridine rings is 1. The first kappa shape index (κ1) is 25.1. The number of nitrogens with one attached hydrogen (secondary N) is 1. The molecule has 0 radical (unpaired) electrons. The number of anilines is 1. The van der Waals surface area contributed by atoms with Gasteiger partial charge in [-0.05, 0) is 29.8 Å². The Bertz CT molecular complexity index is 1350. The van der Waals surface area contributed by atoms with E-state index >= 15 is 0 Å². The van der Waals surface area contributed by atoms with Crippen LogP contribution in [0.3, 0.4) is 0 Å². The number of rotatable bonds is 7. The number of alkyl halides is 6. The highest BCUT2D eigenvalue weighted by atomic mass is 32.2. The topological polar surface area (TPSA) is 110 Å². The van der Waals surface area contributed by atoms with Crippen molar-refractivity contribution >= 4 is 27.1 Å². The molecule has 0 aliphatic rings. The van der Waals surface area contributed by atoms with Gasteiger partial charge in [-0.15, -0.1) is 18.3 Å². The molecule has 2 aromatic heterocycles. The predicted molar refractivity (Wildman–Crippen MR) is 105 cm³/mol. The monoisotopic (exact) mass is 511 g/mol. The number of ether oxygens (including phenoxy) is 1. The molecule has 15 heteroatoms. The van der Waals surface area contributed by atoms with E-state index in [1.165, 1.54) is 6.92 Å². The van der Waals surface area contributed by atoms with Crippen LogP contribution in [0.1, 0.15) is 28.4 Å². The number of carbonyl (C=O) groups is 1. The van der Waals surface area contributed by atoms with Crippen LogP contribution >= 0.6 is 0 Å². The largest absolute Gasteiger partial charge is 0.573 e. The first-order valence-electron chi connectivity index (χ1n) is 9.30. The van der Waals surface area contributed by atoms with E-state index in [4.69, 9.17) is 0 Å². The predicted octanol–water partition coefficient (Wildman–Crippen LogP) is 4.36. The maximum atomic E-state index is 13.1. The summed E-state index contributed by atoms with van der Waals surface area (Å²) in [7, 11) is -4.11. The van der Waals surface area contributed by atoms with Crippen molar-refractivity contribution < 1.29 is 49.4 Å². The van der Waals surface area contributed by atoms with Crippen LogP contribution in [0, 0.1) is 0 Å². The smallest absolute Gasteiger partial charge is 0.478 e. The van der Waals surface area contributed by atoms with Gasteiger partial charge in [0.1, 0.15) is 10.6 Å². The highest BCUT2D eigenvalue weighted by Crippen LogP contribution is 2.34. The first-order chi connectivity index (χ1) is 15.6. The number of fused-ring (bicyclic) bond motifs is 1. The fourth-order valence-corrected chi connectivity index (χ4v) is 4.22. The van der Waals surface area contributed by atoms with Crippen LogP contribution in [-0.4, -0.2) is 41.2 Å². The second-order valence-corrected chi connectivity index (χ2v) is 9.06. The van der Waals surface area contributed by atoms with Gasteiger partial charge in [-0.1, -0.05) is 13.0 Å². The van der Waals surface area contributed by atoms with Crippen LogP contribution in [0.2, 0.25) is 0 Å². The van der Waals surface area contributed by atoms with Gasteiger partial charge < -0.3 is 15.2 Å². The fraction of sp³-hybridized carbons (Fsp3) is 0.263. The summed E-state index contributed by atoms with van der Waals surface area (Å²) in [5.74, 6) is -3.19. The molecule has 0 spiro atoms. The summed E-state index contributed by atoms with van der Waals surface area (Å²) in [5, 5.41) is 15.8. The van der Waals surface area contributed by atoms with E-state index in [0.717, 1.165) is 22.8 Å². The molecule has 0 saturated carbocycles. The van der Waals surface area contributed by atoms with Gasteiger partial charge >= 0.3 is 18.5 Å². The van der Waals surface area contributed by atoms with Gasteiger partial charge in [-0.25, -0.2) is 17.7 Å². The van der Waals surface area contributed by atoms with Crippen molar-refractivity contribution in [3.05, 3.63) is 53.2 Å². The molecule has 3 rings (SSSR count). The summed E-state index contributed by atoms with van der Waals surface area (Å²) in [4.78, 5) is 11.0. The zero-order valence-corrected chi connectivity index (χ0v) is 17.8. The molecule has 34 heavy (non-hydrogen) atoms. The molecule has 2 N–H and O–H groups in total. The molecule has 184 valence electrons. The van der Waals surface area contributed by atoms with Crippen molar-refractivity contribution in [2.75, 3.05) is 11.1 Å². The molecule has 1 aromatic carbocycles. The zero-order chi connectivity index (χ0) is 25.5. The number of benzene rings is 1. The lowest BCUT2D eigenvalue weighted by atomic mass is 10.1. The lowest BCUT2D eigenvalue weighted by molar-refractivity contribution is -0.274. The third kappa shape index (κ3) is 5.35. The van der Waals surface area contributed by atoms with Crippen LogP contribution in [-0.2, 0) is 22.6 Å². The average Bonchev–Trinajstić information content (AvgIpc) is 3.09. The molecule has 0 aliphatic carbocycles. The molecule has 0 amide bonds. The molecule has 0 fully saturated rings. The van der Waals surface area contributed by atoms with Gasteiger partial charge in [-0.3, -0.25) is 0 Å². The number of sulfone groups is 1. The molecule has 0 bridgehead atoms. The molecule has 2 heterocycles. The van der Waals surface area contributed by atoms with Gasteiger partial charge in [-0.2, -0.15) is 13.2 Å². The number of nitrogens with zero attached hydrogens (tertiary/aromatic N) is 2. The van der Waals surface area contributed by atoms with Gasteiger partial charge in [0.2, 0.25) is 0 Å². The van der Waals surface area contributed by atoms with Crippen molar-refractivity contribution in [3.63, 3.8) is 0 Å². The van der Waals surface area contributed by atoms with Crippen molar-refractivity contribution in [3.8, 4) is 5.75 Å². The molecular weight excluding hydrogens is 496 g/mol. The fourth-order valence-electron chi connectivity index (χ4n) is 3.05. The second-order valence-electron chi connectivity index (χ2n) is 6.85. The highest BCUT2D eigenvalue weighted by Gasteiger charge is 2.33. The van der Waals surface area contributed by atoms with Crippen LogP contribution in [0.25, 0.3) is 5.52 Å². The maximum absolute atomic E-state index is 13.1. The van der Waals surface area contributed by atoms with Crippen molar-refractivity contribution in [2.45, 2.75) is 30.9 Å². The number of hydrogen-bond donors (Lipinski definition) is 2. The lowest BCUT2D eigenvalue weighted by Crippen LogP contribution is -2.18. The van der Waals surface area contributed by atoms with Gasteiger partial charge in [0.15, 0.2) is 15.7 Å². The Labute approximate surface area is 187 Å². The Morgan fingerprint density at radius 1 is 1.15 bits per heavy atom. The Morgan fingerprint density at radius 3 is 2.38 bits per heavy atom. The number of aromatic nitrogens is 2. The summed E-state index contributed by atoms with van der Waals surface area (Å²) < 4.78 is 107. The highest BCUT2D eigenvalue weighted by molar-refractivity contribution is 7.91. The van der Waals surface area contributed by atoms with Gasteiger partial charge in [0.25, 0.3) is 0 Å². The summed E-state index contributed by atoms with van der Waals surface area (Å²) in [6.45, 7) is 0.855. The maximum Gasteiger partial charge on any atom is 0.573 e. The SMILES string of the molecule is CCS(=O)(=O)c1c(NCc2ccc(OC(F)(F)F)cc2C(=O)O)nn2ccc(C(F)(F)F)cc12. The molecular formula is C19H15F6N3O5S. The molecule has 8 nitrogen and oxygen atoms in total. The van der Waals surface area contributed by atoms with E-state index in [-0.39, 0.29) is 16.9 Å². The van der Waals surface area contributed by atoms with E-state index in [1.807, 2.05) is 0 Å². The molecule has 0 atom stereocenters. The number of halogens is 6. The van der Waals surface area contributed by atoms with Crippen molar-refractivity contribution in [1.82, 2.24) is 9.61 Å². The number of aromatic carboxylic acids is 1. The van der Waals surface area contributed by atoms with E-state index < -0.39 is 62.4 Å². The summed E-state index contributed by atoms with van der Waals surface area (Å²) in [5.41, 5.74) is -2.09. The van der Waals surface area contributed by atoms with Crippen molar-refractivity contribution in [2.24, 2.45) is 0 Å². The summed E-state index contributed by atoms with van der Waals surface area (Å²) in [6, 6.07) is 3.83. The normalized spacial score (nSPS) is 12.7. The van der Waals surface area contributed by atoms with E-state index in [9.17, 15) is 44.7 Å². The quantitative estimate of drug-likeness (QED) is 0.454. The van der Waals surface area contributed by atoms with Crippen LogP contribution in [0.5, 0.6) is 5.75 Å². The first-order valence-corrected chi connectivity index (χ1v) is 11.0. The Kier molecular flexibility index (Phi) is 6.43.